The van der Waals surface area contributed by atoms with Gasteiger partial charge >= 0.3 is 0 Å². The molecule has 2 amide bonds. The maximum atomic E-state index is 13.4. The second-order valence-electron chi connectivity index (χ2n) is 8.90. The molecule has 0 bridgehead atoms. The van der Waals surface area contributed by atoms with Gasteiger partial charge in [-0.1, -0.05) is 53.2 Å². The summed E-state index contributed by atoms with van der Waals surface area (Å²) in [5.41, 5.74) is 2.81. The molecule has 0 saturated carbocycles. The van der Waals surface area contributed by atoms with Crippen LogP contribution >= 0.6 is 0 Å². The largest absolute Gasteiger partial charge is 0.361 e. The Labute approximate surface area is 188 Å². The Morgan fingerprint density at radius 2 is 1.81 bits per heavy atom. The van der Waals surface area contributed by atoms with Crippen molar-refractivity contribution in [2.24, 2.45) is 5.41 Å². The Balaban J connectivity index is 1.60. The van der Waals surface area contributed by atoms with Gasteiger partial charge in [0.05, 0.1) is 5.41 Å². The van der Waals surface area contributed by atoms with Crippen molar-refractivity contribution < 1.29 is 14.1 Å². The van der Waals surface area contributed by atoms with Crippen molar-refractivity contribution in [2.45, 2.75) is 26.2 Å². The molecule has 32 heavy (non-hydrogen) atoms. The zero-order valence-corrected chi connectivity index (χ0v) is 18.9. The highest BCUT2D eigenvalue weighted by molar-refractivity contribution is 5.95. The van der Waals surface area contributed by atoms with E-state index in [0.29, 0.717) is 37.3 Å². The third-order valence-corrected chi connectivity index (χ3v) is 6.16. The van der Waals surface area contributed by atoms with Crippen LogP contribution in [0.3, 0.4) is 0 Å². The molecule has 0 N–H and O–H groups in total. The van der Waals surface area contributed by atoms with Crippen molar-refractivity contribution in [1.82, 2.24) is 15.0 Å². The summed E-state index contributed by atoms with van der Waals surface area (Å²) in [5.74, 6) is 0.625. The zero-order valence-electron chi connectivity index (χ0n) is 18.9. The number of rotatable bonds is 5. The molecule has 1 fully saturated rings. The number of aromatic nitrogens is 1. The van der Waals surface area contributed by atoms with Crippen molar-refractivity contribution >= 4 is 11.8 Å². The minimum Gasteiger partial charge on any atom is -0.361 e. The van der Waals surface area contributed by atoms with Crippen LogP contribution in [-0.4, -0.2) is 54.0 Å². The number of likely N-dealkylation sites (tertiary alicyclic amines) is 1. The third-order valence-electron chi connectivity index (χ3n) is 6.16. The number of nitrogens with zero attached hydrogens (tertiary/aromatic N) is 3. The second kappa shape index (κ2) is 8.99. The van der Waals surface area contributed by atoms with Crippen LogP contribution in [0.1, 0.15) is 34.5 Å². The van der Waals surface area contributed by atoms with Gasteiger partial charge in [0.15, 0.2) is 0 Å². The van der Waals surface area contributed by atoms with Crippen LogP contribution in [-0.2, 0) is 11.2 Å². The summed E-state index contributed by atoms with van der Waals surface area (Å²) in [5, 5.41) is 4.24. The van der Waals surface area contributed by atoms with Gasteiger partial charge < -0.3 is 14.3 Å². The number of hydrogen-bond acceptors (Lipinski definition) is 4. The molecule has 6 nitrogen and oxygen atoms in total. The molecule has 1 saturated heterocycles. The highest BCUT2D eigenvalue weighted by Gasteiger charge is 2.45. The van der Waals surface area contributed by atoms with Crippen LogP contribution in [0.5, 0.6) is 0 Å². The van der Waals surface area contributed by atoms with Gasteiger partial charge in [-0.2, -0.15) is 0 Å². The van der Waals surface area contributed by atoms with Gasteiger partial charge in [0.1, 0.15) is 11.5 Å². The van der Waals surface area contributed by atoms with E-state index >= 15 is 0 Å². The van der Waals surface area contributed by atoms with Crippen LogP contribution in [0.4, 0.5) is 0 Å². The van der Waals surface area contributed by atoms with Crippen molar-refractivity contribution in [3.05, 3.63) is 77.6 Å². The van der Waals surface area contributed by atoms with Crippen LogP contribution in [0.25, 0.3) is 11.3 Å². The summed E-state index contributed by atoms with van der Waals surface area (Å²) in [6.45, 7) is 3.04. The van der Waals surface area contributed by atoms with E-state index in [-0.39, 0.29) is 11.8 Å². The molecule has 3 aromatic rings. The molecule has 6 heteroatoms. The fraction of sp³-hybridized carbons (Fsp3) is 0.346. The van der Waals surface area contributed by atoms with E-state index in [9.17, 15) is 9.59 Å². The van der Waals surface area contributed by atoms with Gasteiger partial charge in [0, 0.05) is 50.8 Å². The lowest BCUT2D eigenvalue weighted by Crippen LogP contribution is -2.54. The number of hydrogen-bond donors (Lipinski definition) is 0. The Morgan fingerprint density at radius 1 is 1.09 bits per heavy atom. The standard InChI is InChI=1S/C26H29N3O3/c1-19-10-12-20(13-11-19)23-16-22(32-27-23)17-26(25(31)28(2)3)14-7-15-29(18-26)24(30)21-8-5-4-6-9-21/h4-6,8-13,16H,7,14-15,17-18H2,1-3H3. The molecular formula is C26H29N3O3. The SMILES string of the molecule is Cc1ccc(-c2cc(CC3(C(=O)N(C)C)CCCN(C(=O)c4ccccc4)C3)on2)cc1. The zero-order chi connectivity index (χ0) is 22.7. The topological polar surface area (TPSA) is 66.7 Å². The van der Waals surface area contributed by atoms with Crippen molar-refractivity contribution in [3.8, 4) is 11.3 Å². The quantitative estimate of drug-likeness (QED) is 0.607. The fourth-order valence-corrected chi connectivity index (χ4v) is 4.53. The average molecular weight is 432 g/mol. The van der Waals surface area contributed by atoms with Crippen molar-refractivity contribution in [2.75, 3.05) is 27.2 Å². The number of aryl methyl sites for hydroxylation is 1. The van der Waals surface area contributed by atoms with Gasteiger partial charge in [0.2, 0.25) is 5.91 Å². The molecule has 2 aromatic carbocycles. The lowest BCUT2D eigenvalue weighted by atomic mass is 9.75. The highest BCUT2D eigenvalue weighted by atomic mass is 16.5. The molecule has 2 heterocycles. The number of amides is 2. The smallest absolute Gasteiger partial charge is 0.253 e. The third kappa shape index (κ3) is 4.44. The van der Waals surface area contributed by atoms with E-state index in [4.69, 9.17) is 4.52 Å². The molecule has 0 aliphatic carbocycles. The van der Waals surface area contributed by atoms with Gasteiger partial charge in [-0.15, -0.1) is 0 Å². The summed E-state index contributed by atoms with van der Waals surface area (Å²) in [4.78, 5) is 29.9. The van der Waals surface area contributed by atoms with Crippen molar-refractivity contribution in [1.29, 1.82) is 0 Å². The summed E-state index contributed by atoms with van der Waals surface area (Å²) in [6.07, 6.45) is 1.86. The predicted octanol–water partition coefficient (Wildman–Crippen LogP) is 4.20. The van der Waals surface area contributed by atoms with E-state index in [1.54, 1.807) is 23.9 Å². The molecule has 0 radical (unpaired) electrons. The summed E-state index contributed by atoms with van der Waals surface area (Å²) in [6, 6.07) is 19.2. The van der Waals surface area contributed by atoms with Gasteiger partial charge in [-0.05, 0) is 31.9 Å². The van der Waals surface area contributed by atoms with Gasteiger partial charge in [-0.25, -0.2) is 0 Å². The highest BCUT2D eigenvalue weighted by Crippen LogP contribution is 2.37. The molecule has 0 spiro atoms. The lowest BCUT2D eigenvalue weighted by Gasteiger charge is -2.42. The first-order valence-corrected chi connectivity index (χ1v) is 11.0. The normalized spacial score (nSPS) is 18.4. The number of benzene rings is 2. The van der Waals surface area contributed by atoms with Crippen LogP contribution in [0.15, 0.2) is 65.2 Å². The molecule has 1 atom stereocenters. The minimum absolute atomic E-state index is 0.0105. The predicted molar refractivity (Wildman–Crippen MR) is 123 cm³/mol. The molecule has 4 rings (SSSR count). The number of carbonyl (C=O) groups is 2. The maximum Gasteiger partial charge on any atom is 0.253 e. The number of piperidine rings is 1. The lowest BCUT2D eigenvalue weighted by molar-refractivity contribution is -0.142. The van der Waals surface area contributed by atoms with Crippen molar-refractivity contribution in [3.63, 3.8) is 0 Å². The molecular weight excluding hydrogens is 402 g/mol. The van der Waals surface area contributed by atoms with E-state index in [1.807, 2.05) is 67.6 Å². The van der Waals surface area contributed by atoms with E-state index in [2.05, 4.69) is 5.16 Å². The molecule has 1 unspecified atom stereocenters. The summed E-state index contributed by atoms with van der Waals surface area (Å²) in [7, 11) is 3.53. The monoisotopic (exact) mass is 431 g/mol. The average Bonchev–Trinajstić information content (AvgIpc) is 3.27. The Morgan fingerprint density at radius 3 is 2.50 bits per heavy atom. The maximum absolute atomic E-state index is 13.4. The Kier molecular flexibility index (Phi) is 6.12. The summed E-state index contributed by atoms with van der Waals surface area (Å²) < 4.78 is 5.66. The van der Waals surface area contributed by atoms with E-state index in [0.717, 1.165) is 17.7 Å². The first kappa shape index (κ1) is 21.8. The molecule has 1 aromatic heterocycles. The van der Waals surface area contributed by atoms with Crippen LogP contribution < -0.4 is 0 Å². The Bertz CT molecular complexity index is 1090. The molecule has 166 valence electrons. The second-order valence-corrected chi connectivity index (χ2v) is 8.90. The first-order valence-electron chi connectivity index (χ1n) is 11.0. The van der Waals surface area contributed by atoms with E-state index < -0.39 is 5.41 Å². The molecule has 1 aliphatic heterocycles. The van der Waals surface area contributed by atoms with Gasteiger partial charge in [0.25, 0.3) is 5.91 Å². The van der Waals surface area contributed by atoms with Crippen LogP contribution in [0.2, 0.25) is 0 Å². The first-order chi connectivity index (χ1) is 15.4. The van der Waals surface area contributed by atoms with E-state index in [1.165, 1.54) is 5.56 Å². The minimum atomic E-state index is -0.740. The molecule has 1 aliphatic rings. The van der Waals surface area contributed by atoms with Gasteiger partial charge in [-0.3, -0.25) is 9.59 Å². The Hall–Kier alpha value is -3.41. The summed E-state index contributed by atoms with van der Waals surface area (Å²) >= 11 is 0. The van der Waals surface area contributed by atoms with Crippen LogP contribution in [0, 0.1) is 12.3 Å². The fourth-order valence-electron chi connectivity index (χ4n) is 4.53. The number of carbonyl (C=O) groups excluding carboxylic acids is 2.